The van der Waals surface area contributed by atoms with E-state index in [1.54, 1.807) is 31.0 Å². The van der Waals surface area contributed by atoms with Crippen molar-refractivity contribution >= 4 is 45.8 Å². The second kappa shape index (κ2) is 12.7. The van der Waals surface area contributed by atoms with Crippen LogP contribution in [0.15, 0.2) is 48.8 Å². The third kappa shape index (κ3) is 6.46. The molecular formula is C31H41N7O4. The van der Waals surface area contributed by atoms with E-state index in [1.807, 2.05) is 63.1 Å². The van der Waals surface area contributed by atoms with Crippen LogP contribution in [0.25, 0.3) is 10.9 Å². The van der Waals surface area contributed by atoms with Crippen molar-refractivity contribution in [3.63, 3.8) is 0 Å². The molecule has 0 bridgehead atoms. The second-order valence-corrected chi connectivity index (χ2v) is 11.7. The summed E-state index contributed by atoms with van der Waals surface area (Å²) >= 11 is 0. The van der Waals surface area contributed by atoms with Crippen molar-refractivity contribution in [2.75, 3.05) is 38.0 Å². The van der Waals surface area contributed by atoms with Gasteiger partial charge in [0.25, 0.3) is 0 Å². The number of anilines is 3. The maximum Gasteiger partial charge on any atom is 0.247 e. The van der Waals surface area contributed by atoms with Crippen molar-refractivity contribution in [1.82, 2.24) is 25.5 Å². The molecule has 0 radical (unpaired) electrons. The Morgan fingerprint density at radius 3 is 2.48 bits per heavy atom. The monoisotopic (exact) mass is 575 g/mol. The van der Waals surface area contributed by atoms with E-state index in [2.05, 4.69) is 25.9 Å². The molecule has 1 fully saturated rings. The van der Waals surface area contributed by atoms with E-state index in [1.165, 1.54) is 13.4 Å². The minimum atomic E-state index is -0.794. The van der Waals surface area contributed by atoms with E-state index in [-0.39, 0.29) is 17.7 Å². The van der Waals surface area contributed by atoms with E-state index in [0.717, 1.165) is 11.1 Å². The van der Waals surface area contributed by atoms with Gasteiger partial charge < -0.3 is 30.5 Å². The molecule has 2 heterocycles. The zero-order valence-electron chi connectivity index (χ0n) is 25.4. The molecule has 0 spiro atoms. The summed E-state index contributed by atoms with van der Waals surface area (Å²) in [5.41, 5.74) is 1.50. The first-order valence-electron chi connectivity index (χ1n) is 14.2. The van der Waals surface area contributed by atoms with Gasteiger partial charge in [-0.1, -0.05) is 39.0 Å². The number of carbonyl (C=O) groups excluding carboxylic acids is 3. The lowest BCUT2D eigenvalue weighted by atomic mass is 9.85. The van der Waals surface area contributed by atoms with Gasteiger partial charge in [-0.25, -0.2) is 9.97 Å². The first-order valence-corrected chi connectivity index (χ1v) is 14.2. The van der Waals surface area contributed by atoms with E-state index in [0.29, 0.717) is 42.2 Å². The molecule has 4 rings (SSSR count). The molecule has 1 aliphatic rings. The maximum atomic E-state index is 13.8. The van der Waals surface area contributed by atoms with Crippen LogP contribution in [0.4, 0.5) is 17.2 Å². The number of fused-ring (bicyclic) bond motifs is 1. The number of amides is 3. The molecule has 1 aliphatic heterocycles. The molecule has 11 nitrogen and oxygen atoms in total. The van der Waals surface area contributed by atoms with Gasteiger partial charge in [-0.2, -0.15) is 0 Å². The predicted octanol–water partition coefficient (Wildman–Crippen LogP) is 3.47. The molecule has 0 saturated carbocycles. The Balaban J connectivity index is 1.62. The highest BCUT2D eigenvalue weighted by molar-refractivity contribution is 6.03. The lowest BCUT2D eigenvalue weighted by Crippen LogP contribution is -2.59. The number of carbonyl (C=O) groups is 3. The zero-order chi connectivity index (χ0) is 30.6. The fraction of sp³-hybridized carbons (Fsp3) is 0.452. The summed E-state index contributed by atoms with van der Waals surface area (Å²) < 4.78 is 5.61. The number of para-hydroxylation sites is 1. The standard InChI is InChI=1S/C31H41N7O4/c1-19(32-5)28(39)36-26(31(2,3)4)30(41)38-15-11-14-24(38)29(40)35-23-16-21-22(17-25(23)42-7)33-18-34-27(21)37(6)20-12-9-8-10-13-20/h8-10,12-13,16-19,24,26,32H,11,14-15H2,1-7H3,(H,35,40)(H,36,39)/t19-,24?,26+/m0/s1. The molecule has 3 N–H and O–H groups in total. The Bertz CT molecular complexity index is 1440. The average Bonchev–Trinajstić information content (AvgIpc) is 3.48. The molecule has 3 amide bonds. The van der Waals surface area contributed by atoms with Gasteiger partial charge in [0.05, 0.1) is 24.4 Å². The lowest BCUT2D eigenvalue weighted by Gasteiger charge is -2.36. The van der Waals surface area contributed by atoms with Crippen LogP contribution in [-0.4, -0.2) is 78.5 Å². The van der Waals surface area contributed by atoms with Crippen molar-refractivity contribution in [1.29, 1.82) is 0 Å². The molecular weight excluding hydrogens is 534 g/mol. The van der Waals surface area contributed by atoms with Crippen LogP contribution in [0.5, 0.6) is 5.75 Å². The van der Waals surface area contributed by atoms with E-state index in [9.17, 15) is 14.4 Å². The third-order valence-electron chi connectivity index (χ3n) is 7.72. The molecule has 224 valence electrons. The summed E-state index contributed by atoms with van der Waals surface area (Å²) in [7, 11) is 5.14. The van der Waals surface area contributed by atoms with Crippen LogP contribution in [0.3, 0.4) is 0 Å². The highest BCUT2D eigenvalue weighted by atomic mass is 16.5. The van der Waals surface area contributed by atoms with E-state index < -0.39 is 23.5 Å². The molecule has 0 aliphatic carbocycles. The summed E-state index contributed by atoms with van der Waals surface area (Å²) in [6.45, 7) is 7.86. The Morgan fingerprint density at radius 1 is 1.12 bits per heavy atom. The molecule has 42 heavy (non-hydrogen) atoms. The number of benzene rings is 2. The van der Waals surface area contributed by atoms with Crippen LogP contribution >= 0.6 is 0 Å². The highest BCUT2D eigenvalue weighted by Gasteiger charge is 2.42. The summed E-state index contributed by atoms with van der Waals surface area (Å²) in [6, 6.07) is 11.4. The molecule has 1 aromatic heterocycles. The summed E-state index contributed by atoms with van der Waals surface area (Å²) in [4.78, 5) is 52.7. The van der Waals surface area contributed by atoms with Gasteiger partial charge >= 0.3 is 0 Å². The number of nitrogens with one attached hydrogen (secondary N) is 3. The van der Waals surface area contributed by atoms with Gasteiger partial charge in [0, 0.05) is 30.7 Å². The largest absolute Gasteiger partial charge is 0.494 e. The minimum absolute atomic E-state index is 0.273. The zero-order valence-corrected chi connectivity index (χ0v) is 25.4. The van der Waals surface area contributed by atoms with Crippen LogP contribution < -0.4 is 25.6 Å². The molecule has 3 aromatic rings. The first-order chi connectivity index (χ1) is 20.0. The molecule has 1 unspecified atom stereocenters. The van der Waals surface area contributed by atoms with Gasteiger partial charge in [0.1, 0.15) is 30.0 Å². The number of ether oxygens (including phenoxy) is 1. The number of hydrogen-bond donors (Lipinski definition) is 3. The predicted molar refractivity (Wildman–Crippen MR) is 164 cm³/mol. The smallest absolute Gasteiger partial charge is 0.247 e. The van der Waals surface area contributed by atoms with E-state index in [4.69, 9.17) is 4.74 Å². The Hall–Kier alpha value is -4.25. The number of nitrogens with zero attached hydrogens (tertiary/aromatic N) is 4. The Morgan fingerprint density at radius 2 is 1.83 bits per heavy atom. The van der Waals surface area contributed by atoms with Crippen LogP contribution in [0.1, 0.15) is 40.5 Å². The van der Waals surface area contributed by atoms with Gasteiger partial charge in [0.2, 0.25) is 17.7 Å². The Kier molecular flexibility index (Phi) is 9.30. The summed E-state index contributed by atoms with van der Waals surface area (Å²) in [6.07, 6.45) is 2.69. The number of methoxy groups -OCH3 is 1. The summed E-state index contributed by atoms with van der Waals surface area (Å²) in [5, 5.41) is 9.54. The third-order valence-corrected chi connectivity index (χ3v) is 7.72. The van der Waals surface area contributed by atoms with Crippen LogP contribution in [0, 0.1) is 5.41 Å². The molecule has 3 atom stereocenters. The van der Waals surface area contributed by atoms with Crippen LogP contribution in [-0.2, 0) is 14.4 Å². The van der Waals surface area contributed by atoms with Crippen molar-refractivity contribution in [3.05, 3.63) is 48.8 Å². The van der Waals surface area contributed by atoms with Gasteiger partial charge in [-0.05, 0) is 50.4 Å². The number of likely N-dealkylation sites (N-methyl/N-ethyl adjacent to an activating group) is 1. The first kappa shape index (κ1) is 30.7. The van der Waals surface area contributed by atoms with Crippen LogP contribution in [0.2, 0.25) is 0 Å². The highest BCUT2D eigenvalue weighted by Crippen LogP contribution is 2.36. The SMILES string of the molecule is CN[C@@H](C)C(=O)N[C@H](C(=O)N1CCCC1C(=O)Nc1cc2c(N(C)c3ccccc3)ncnc2cc1OC)C(C)(C)C. The normalized spacial score (nSPS) is 16.5. The van der Waals surface area contributed by atoms with Crippen molar-refractivity contribution in [2.24, 2.45) is 5.41 Å². The molecule has 1 saturated heterocycles. The van der Waals surface area contributed by atoms with Gasteiger partial charge in [0.15, 0.2) is 0 Å². The average molecular weight is 576 g/mol. The number of hydrogen-bond acceptors (Lipinski definition) is 8. The van der Waals surface area contributed by atoms with Crippen molar-refractivity contribution in [2.45, 2.75) is 58.7 Å². The quantitative estimate of drug-likeness (QED) is 0.354. The fourth-order valence-electron chi connectivity index (χ4n) is 5.11. The van der Waals surface area contributed by atoms with Gasteiger partial charge in [-0.3, -0.25) is 14.4 Å². The van der Waals surface area contributed by atoms with Gasteiger partial charge in [-0.15, -0.1) is 0 Å². The number of aromatic nitrogens is 2. The molecule has 2 aromatic carbocycles. The molecule has 11 heteroatoms. The van der Waals surface area contributed by atoms with E-state index >= 15 is 0 Å². The maximum absolute atomic E-state index is 13.8. The number of likely N-dealkylation sites (tertiary alicyclic amines) is 1. The van der Waals surface area contributed by atoms with Crippen molar-refractivity contribution < 1.29 is 19.1 Å². The minimum Gasteiger partial charge on any atom is -0.494 e. The second-order valence-electron chi connectivity index (χ2n) is 11.7. The lowest BCUT2D eigenvalue weighted by molar-refractivity contribution is -0.143. The fourth-order valence-corrected chi connectivity index (χ4v) is 5.11. The summed E-state index contributed by atoms with van der Waals surface area (Å²) in [5.74, 6) is 0.241. The topological polar surface area (TPSA) is 129 Å². The Labute approximate surface area is 247 Å². The number of rotatable bonds is 9. The van der Waals surface area contributed by atoms with Crippen molar-refractivity contribution in [3.8, 4) is 5.75 Å².